The highest BCUT2D eigenvalue weighted by Crippen LogP contribution is 2.08. The van der Waals surface area contributed by atoms with Crippen LogP contribution >= 0.6 is 0 Å². The number of ketones is 1. The lowest BCUT2D eigenvalue weighted by molar-refractivity contribution is -0.117. The van der Waals surface area contributed by atoms with Gasteiger partial charge in [0.05, 0.1) is 0 Å². The molecule has 0 aromatic heterocycles. The summed E-state index contributed by atoms with van der Waals surface area (Å²) in [6.45, 7) is 13.0. The van der Waals surface area contributed by atoms with E-state index in [0.29, 0.717) is 24.3 Å². The zero-order valence-corrected chi connectivity index (χ0v) is 9.22. The highest BCUT2D eigenvalue weighted by Gasteiger charge is 2.02. The minimum atomic E-state index is 0.149. The molecule has 0 amide bonds. The van der Waals surface area contributed by atoms with Crippen LogP contribution in [0.1, 0.15) is 33.6 Å². The molecule has 0 fully saturated rings. The van der Waals surface area contributed by atoms with Crippen LogP contribution in [0.15, 0.2) is 24.6 Å². The Morgan fingerprint density at radius 3 is 2.36 bits per heavy atom. The number of carbonyl (C=O) groups is 1. The molecule has 0 unspecified atom stereocenters. The molecule has 14 heavy (non-hydrogen) atoms. The third-order valence-electron chi connectivity index (χ3n) is 1.75. The van der Waals surface area contributed by atoms with Gasteiger partial charge in [0.1, 0.15) is 11.5 Å². The monoisotopic (exact) mass is 197 g/mol. The second-order valence-electron chi connectivity index (χ2n) is 3.63. The summed E-state index contributed by atoms with van der Waals surface area (Å²) in [6, 6.07) is 0. The van der Waals surface area contributed by atoms with Gasteiger partial charge < -0.3 is 9.63 Å². The molecule has 0 spiro atoms. The first kappa shape index (κ1) is 12.8. The van der Waals surface area contributed by atoms with Gasteiger partial charge >= 0.3 is 0 Å². The summed E-state index contributed by atoms with van der Waals surface area (Å²) in [7, 11) is 0. The van der Waals surface area contributed by atoms with Crippen molar-refractivity contribution in [1.82, 2.24) is 5.48 Å². The van der Waals surface area contributed by atoms with Crippen molar-refractivity contribution in [2.45, 2.75) is 33.6 Å². The van der Waals surface area contributed by atoms with E-state index in [1.165, 1.54) is 0 Å². The Hall–Kier alpha value is -1.25. The number of hydroxylamine groups is 1. The van der Waals surface area contributed by atoms with Gasteiger partial charge in [-0.2, -0.15) is 0 Å². The molecular weight excluding hydrogens is 178 g/mol. The average molecular weight is 197 g/mol. The third kappa shape index (κ3) is 6.29. The predicted molar refractivity (Wildman–Crippen MR) is 57.3 cm³/mol. The fourth-order valence-electron chi connectivity index (χ4n) is 0.634. The maximum Gasteiger partial charge on any atom is 0.130 e. The summed E-state index contributed by atoms with van der Waals surface area (Å²) in [5.74, 6) is 1.08. The lowest BCUT2D eigenvalue weighted by Crippen LogP contribution is -2.15. The molecule has 0 aromatic carbocycles. The lowest BCUT2D eigenvalue weighted by atomic mass is 10.2. The molecule has 0 saturated heterocycles. The Balaban J connectivity index is 3.64. The summed E-state index contributed by atoms with van der Waals surface area (Å²) in [6.07, 6.45) is 1.09. The van der Waals surface area contributed by atoms with Crippen LogP contribution < -0.4 is 5.48 Å². The van der Waals surface area contributed by atoms with Crippen LogP contribution in [0.5, 0.6) is 0 Å². The van der Waals surface area contributed by atoms with Crippen molar-refractivity contribution in [2.75, 3.05) is 0 Å². The number of Topliss-reactive ketones (excluding diaryl/α,β-unsaturated/α-hetero) is 1. The highest BCUT2D eigenvalue weighted by molar-refractivity contribution is 5.75. The molecule has 0 radical (unpaired) electrons. The van der Waals surface area contributed by atoms with Gasteiger partial charge in [-0.25, -0.2) is 5.48 Å². The van der Waals surface area contributed by atoms with Crippen molar-refractivity contribution >= 4 is 5.78 Å². The standard InChI is InChI=1S/C11H19NO2/c1-8(2)11(5)14-12-9(3)6-7-10(4)13/h8,12H,3,5-7H2,1-2,4H3. The molecular formula is C11H19NO2. The lowest BCUT2D eigenvalue weighted by Gasteiger charge is -2.13. The fourth-order valence-corrected chi connectivity index (χ4v) is 0.634. The summed E-state index contributed by atoms with van der Waals surface area (Å²) < 4.78 is 0. The number of hydrogen-bond donors (Lipinski definition) is 1. The number of allylic oxidation sites excluding steroid dienone is 2. The minimum absolute atomic E-state index is 0.149. The summed E-state index contributed by atoms with van der Waals surface area (Å²) in [5.41, 5.74) is 3.37. The second-order valence-corrected chi connectivity index (χ2v) is 3.63. The van der Waals surface area contributed by atoms with E-state index >= 15 is 0 Å². The largest absolute Gasteiger partial charge is 0.387 e. The maximum atomic E-state index is 10.7. The number of carbonyl (C=O) groups excluding carboxylic acids is 1. The van der Waals surface area contributed by atoms with Gasteiger partial charge in [0, 0.05) is 18.0 Å². The van der Waals surface area contributed by atoms with Gasteiger partial charge in [-0.1, -0.05) is 27.0 Å². The molecule has 3 nitrogen and oxygen atoms in total. The van der Waals surface area contributed by atoms with Crippen LogP contribution in [-0.2, 0) is 9.63 Å². The quantitative estimate of drug-likeness (QED) is 0.503. The molecule has 1 N–H and O–H groups in total. The fraction of sp³-hybridized carbons (Fsp3) is 0.545. The molecule has 0 saturated carbocycles. The summed E-state index contributed by atoms with van der Waals surface area (Å²) in [4.78, 5) is 15.8. The number of nitrogens with one attached hydrogen (secondary N) is 1. The van der Waals surface area contributed by atoms with E-state index in [4.69, 9.17) is 4.84 Å². The van der Waals surface area contributed by atoms with Crippen LogP contribution in [0.2, 0.25) is 0 Å². The SMILES string of the molecule is C=C(CCC(C)=O)NOC(=C)C(C)C. The first-order valence-electron chi connectivity index (χ1n) is 4.72. The van der Waals surface area contributed by atoms with Crippen LogP contribution in [-0.4, -0.2) is 5.78 Å². The van der Waals surface area contributed by atoms with E-state index in [9.17, 15) is 4.79 Å². The predicted octanol–water partition coefficient (Wildman–Crippen LogP) is 2.56. The Morgan fingerprint density at radius 2 is 1.93 bits per heavy atom. The Kier molecular flexibility index (Phi) is 5.68. The first-order chi connectivity index (χ1) is 6.43. The van der Waals surface area contributed by atoms with Crippen LogP contribution in [0, 0.1) is 5.92 Å². The van der Waals surface area contributed by atoms with E-state index in [2.05, 4.69) is 18.6 Å². The van der Waals surface area contributed by atoms with Crippen molar-refractivity contribution in [3.8, 4) is 0 Å². The first-order valence-corrected chi connectivity index (χ1v) is 4.72. The van der Waals surface area contributed by atoms with Crippen molar-refractivity contribution in [3.05, 3.63) is 24.6 Å². The summed E-state index contributed by atoms with van der Waals surface area (Å²) >= 11 is 0. The zero-order chi connectivity index (χ0) is 11.1. The third-order valence-corrected chi connectivity index (χ3v) is 1.75. The van der Waals surface area contributed by atoms with E-state index in [1.54, 1.807) is 6.92 Å². The van der Waals surface area contributed by atoms with Crippen molar-refractivity contribution in [3.63, 3.8) is 0 Å². The molecule has 0 aromatic rings. The van der Waals surface area contributed by atoms with Gasteiger partial charge in [0.15, 0.2) is 0 Å². The van der Waals surface area contributed by atoms with Gasteiger partial charge in [-0.15, -0.1) is 0 Å². The molecule has 0 heterocycles. The number of hydrogen-bond acceptors (Lipinski definition) is 3. The molecule has 0 aliphatic rings. The van der Waals surface area contributed by atoms with Gasteiger partial charge in [-0.05, 0) is 13.3 Å². The molecule has 0 bridgehead atoms. The van der Waals surface area contributed by atoms with E-state index in [1.807, 2.05) is 13.8 Å². The molecule has 0 rings (SSSR count). The minimum Gasteiger partial charge on any atom is -0.387 e. The molecule has 80 valence electrons. The van der Waals surface area contributed by atoms with Crippen LogP contribution in [0.4, 0.5) is 0 Å². The second kappa shape index (κ2) is 6.24. The Labute approximate surface area is 85.8 Å². The molecule has 0 aliphatic heterocycles. The normalized spacial score (nSPS) is 9.71. The number of rotatable bonds is 7. The summed E-state index contributed by atoms with van der Waals surface area (Å²) in [5, 5.41) is 0. The smallest absolute Gasteiger partial charge is 0.130 e. The molecule has 0 atom stereocenters. The van der Waals surface area contributed by atoms with Crippen molar-refractivity contribution in [1.29, 1.82) is 0 Å². The topological polar surface area (TPSA) is 38.3 Å². The van der Waals surface area contributed by atoms with Gasteiger partial charge in [0.2, 0.25) is 0 Å². The Bertz CT molecular complexity index is 231. The van der Waals surface area contributed by atoms with E-state index in [0.717, 1.165) is 0 Å². The highest BCUT2D eigenvalue weighted by atomic mass is 16.6. The van der Waals surface area contributed by atoms with Crippen LogP contribution in [0.25, 0.3) is 0 Å². The average Bonchev–Trinajstić information content (AvgIpc) is 2.10. The van der Waals surface area contributed by atoms with E-state index in [-0.39, 0.29) is 11.7 Å². The van der Waals surface area contributed by atoms with Gasteiger partial charge in [-0.3, -0.25) is 0 Å². The molecule has 3 heteroatoms. The van der Waals surface area contributed by atoms with E-state index < -0.39 is 0 Å². The molecule has 0 aliphatic carbocycles. The van der Waals surface area contributed by atoms with Crippen LogP contribution in [0.3, 0.4) is 0 Å². The van der Waals surface area contributed by atoms with Crippen molar-refractivity contribution in [2.24, 2.45) is 5.92 Å². The maximum absolute atomic E-state index is 10.7. The zero-order valence-electron chi connectivity index (χ0n) is 9.22. The Morgan fingerprint density at radius 1 is 1.36 bits per heavy atom. The van der Waals surface area contributed by atoms with Crippen molar-refractivity contribution < 1.29 is 9.63 Å². The van der Waals surface area contributed by atoms with Gasteiger partial charge in [0.25, 0.3) is 0 Å².